The fraction of sp³-hybridized carbons (Fsp3) is 0.400. The monoisotopic (exact) mass is 597 g/mol. The summed E-state index contributed by atoms with van der Waals surface area (Å²) >= 11 is 3.18. The fourth-order valence-electron chi connectivity index (χ4n) is 4.78. The van der Waals surface area contributed by atoms with E-state index in [1.165, 1.54) is 9.80 Å². The molecule has 0 aliphatic carbocycles. The molecule has 1 N–H and O–H groups in total. The standard InChI is InChI=1S/C30H35N3O6S2/c1-2-39-29(37)21-31(14-11-22-7-9-23(34)10-8-22)27(35)19-26-30(38)32(15-12-24-5-3-17-40-24)20-28(36)33(26)16-13-25-6-4-18-41-25/h3-10,17-18,26,34H,2,11-16,19-21H2,1H3. The molecule has 3 aromatic rings. The van der Waals surface area contributed by atoms with Gasteiger partial charge in [0.25, 0.3) is 0 Å². The van der Waals surface area contributed by atoms with Crippen LogP contribution < -0.4 is 0 Å². The van der Waals surface area contributed by atoms with Gasteiger partial charge in [0.15, 0.2) is 0 Å². The first kappa shape index (κ1) is 30.3. The number of amides is 3. The van der Waals surface area contributed by atoms with Crippen LogP contribution in [-0.4, -0.2) is 88.9 Å². The smallest absolute Gasteiger partial charge is 0.325 e. The maximum Gasteiger partial charge on any atom is 0.325 e. The lowest BCUT2D eigenvalue weighted by Crippen LogP contribution is -2.61. The van der Waals surface area contributed by atoms with E-state index in [1.54, 1.807) is 58.8 Å². The number of carbonyl (C=O) groups is 4. The van der Waals surface area contributed by atoms with Gasteiger partial charge in [-0.05, 0) is 66.8 Å². The minimum atomic E-state index is -0.953. The van der Waals surface area contributed by atoms with E-state index in [9.17, 15) is 24.3 Å². The summed E-state index contributed by atoms with van der Waals surface area (Å²) in [5.74, 6) is -1.24. The molecule has 0 spiro atoms. The molecule has 2 aromatic heterocycles. The van der Waals surface area contributed by atoms with E-state index < -0.39 is 17.9 Å². The second kappa shape index (κ2) is 14.8. The molecular formula is C30H35N3O6S2. The lowest BCUT2D eigenvalue weighted by molar-refractivity contribution is -0.158. The largest absolute Gasteiger partial charge is 0.508 e. The van der Waals surface area contributed by atoms with Gasteiger partial charge in [0.1, 0.15) is 18.3 Å². The van der Waals surface area contributed by atoms with Crippen molar-refractivity contribution in [2.24, 2.45) is 0 Å². The van der Waals surface area contributed by atoms with Crippen LogP contribution in [-0.2, 0) is 43.2 Å². The van der Waals surface area contributed by atoms with Gasteiger partial charge < -0.3 is 24.5 Å². The predicted molar refractivity (Wildman–Crippen MR) is 158 cm³/mol. The first-order valence-electron chi connectivity index (χ1n) is 13.7. The number of thiophene rings is 2. The Hall–Kier alpha value is -3.70. The van der Waals surface area contributed by atoms with E-state index >= 15 is 0 Å². The molecule has 9 nitrogen and oxygen atoms in total. The number of benzene rings is 1. The highest BCUT2D eigenvalue weighted by Gasteiger charge is 2.41. The lowest BCUT2D eigenvalue weighted by atomic mass is 10.0. The topological polar surface area (TPSA) is 107 Å². The van der Waals surface area contributed by atoms with E-state index in [0.717, 1.165) is 15.3 Å². The highest BCUT2D eigenvalue weighted by molar-refractivity contribution is 7.10. The summed E-state index contributed by atoms with van der Waals surface area (Å²) in [7, 11) is 0. The van der Waals surface area contributed by atoms with Gasteiger partial charge in [-0.3, -0.25) is 19.2 Å². The molecule has 41 heavy (non-hydrogen) atoms. The Morgan fingerprint density at radius 3 is 2.24 bits per heavy atom. The molecule has 3 amide bonds. The van der Waals surface area contributed by atoms with E-state index in [2.05, 4.69) is 0 Å². The Bertz CT molecular complexity index is 1290. The zero-order valence-electron chi connectivity index (χ0n) is 23.1. The minimum absolute atomic E-state index is 0.0211. The summed E-state index contributed by atoms with van der Waals surface area (Å²) in [5.41, 5.74) is 0.880. The molecule has 0 radical (unpaired) electrons. The van der Waals surface area contributed by atoms with Crippen LogP contribution in [0.2, 0.25) is 0 Å². The maximum absolute atomic E-state index is 13.7. The van der Waals surface area contributed by atoms with Gasteiger partial charge in [-0.2, -0.15) is 0 Å². The normalized spacial score (nSPS) is 15.3. The summed E-state index contributed by atoms with van der Waals surface area (Å²) in [5, 5.41) is 13.5. The van der Waals surface area contributed by atoms with Gasteiger partial charge in [-0.1, -0.05) is 24.3 Å². The molecule has 1 fully saturated rings. The molecule has 1 aliphatic heterocycles. The van der Waals surface area contributed by atoms with Crippen molar-refractivity contribution in [2.75, 3.05) is 39.3 Å². The quantitative estimate of drug-likeness (QED) is 0.286. The molecule has 11 heteroatoms. The zero-order valence-corrected chi connectivity index (χ0v) is 24.7. The molecule has 1 aliphatic rings. The third-order valence-electron chi connectivity index (χ3n) is 6.96. The molecule has 1 atom stereocenters. The van der Waals surface area contributed by atoms with E-state index in [4.69, 9.17) is 4.74 Å². The molecule has 0 saturated carbocycles. The van der Waals surface area contributed by atoms with Crippen molar-refractivity contribution in [1.82, 2.24) is 14.7 Å². The van der Waals surface area contributed by atoms with E-state index in [1.807, 2.05) is 35.0 Å². The fourth-order valence-corrected chi connectivity index (χ4v) is 6.17. The van der Waals surface area contributed by atoms with Gasteiger partial charge in [-0.15, -0.1) is 22.7 Å². The highest BCUT2D eigenvalue weighted by atomic mass is 32.1. The van der Waals surface area contributed by atoms with Crippen molar-refractivity contribution in [3.05, 3.63) is 74.6 Å². The Morgan fingerprint density at radius 2 is 1.63 bits per heavy atom. The van der Waals surface area contributed by atoms with Crippen LogP contribution in [0.5, 0.6) is 5.75 Å². The molecule has 3 heterocycles. The summed E-state index contributed by atoms with van der Waals surface area (Å²) in [6, 6.07) is 13.6. The molecular weight excluding hydrogens is 562 g/mol. The molecule has 1 saturated heterocycles. The van der Waals surface area contributed by atoms with Crippen molar-refractivity contribution in [1.29, 1.82) is 0 Å². The number of rotatable bonds is 14. The van der Waals surface area contributed by atoms with E-state index in [-0.39, 0.29) is 50.2 Å². The molecule has 0 bridgehead atoms. The van der Waals surface area contributed by atoms with Crippen molar-refractivity contribution < 1.29 is 29.0 Å². The van der Waals surface area contributed by atoms with Crippen LogP contribution in [0.15, 0.2) is 59.3 Å². The first-order valence-corrected chi connectivity index (χ1v) is 15.4. The van der Waals surface area contributed by atoms with E-state index in [0.29, 0.717) is 32.4 Å². The number of hydrogen-bond acceptors (Lipinski definition) is 8. The van der Waals surface area contributed by atoms with Crippen molar-refractivity contribution in [3.8, 4) is 5.75 Å². The lowest BCUT2D eigenvalue weighted by Gasteiger charge is -2.40. The van der Waals surface area contributed by atoms with Crippen molar-refractivity contribution in [3.63, 3.8) is 0 Å². The Balaban J connectivity index is 1.50. The highest BCUT2D eigenvalue weighted by Crippen LogP contribution is 2.21. The van der Waals surface area contributed by atoms with Crippen LogP contribution >= 0.6 is 22.7 Å². The summed E-state index contributed by atoms with van der Waals surface area (Å²) in [6.45, 7) is 2.54. The van der Waals surface area contributed by atoms with Crippen molar-refractivity contribution in [2.45, 2.75) is 38.6 Å². The Kier molecular flexibility index (Phi) is 10.9. The third-order valence-corrected chi connectivity index (χ3v) is 8.83. The average molecular weight is 598 g/mol. The Labute approximate surface area is 247 Å². The average Bonchev–Trinajstić information content (AvgIpc) is 3.67. The summed E-state index contributed by atoms with van der Waals surface area (Å²) in [4.78, 5) is 59.9. The molecule has 1 aromatic carbocycles. The van der Waals surface area contributed by atoms with Crippen LogP contribution in [0.4, 0.5) is 0 Å². The second-order valence-corrected chi connectivity index (χ2v) is 11.8. The zero-order chi connectivity index (χ0) is 29.2. The van der Waals surface area contributed by atoms with Crippen LogP contribution in [0, 0.1) is 0 Å². The number of phenols is 1. The number of ether oxygens (including phenoxy) is 1. The van der Waals surface area contributed by atoms with Crippen LogP contribution in [0.1, 0.15) is 28.7 Å². The van der Waals surface area contributed by atoms with Crippen molar-refractivity contribution >= 4 is 46.4 Å². The first-order chi connectivity index (χ1) is 19.8. The van der Waals surface area contributed by atoms with Gasteiger partial charge in [0.2, 0.25) is 17.7 Å². The number of hydrogen-bond donors (Lipinski definition) is 1. The number of nitrogens with zero attached hydrogens (tertiary/aromatic N) is 3. The molecule has 1 unspecified atom stereocenters. The van der Waals surface area contributed by atoms with Gasteiger partial charge >= 0.3 is 5.97 Å². The summed E-state index contributed by atoms with van der Waals surface area (Å²) < 4.78 is 5.10. The van der Waals surface area contributed by atoms with Gasteiger partial charge in [0, 0.05) is 29.4 Å². The predicted octanol–water partition coefficient (Wildman–Crippen LogP) is 3.36. The van der Waals surface area contributed by atoms with Gasteiger partial charge in [0.05, 0.1) is 19.6 Å². The number of phenolic OH excluding ortho intramolecular Hbond substituents is 1. The number of piperazine rings is 1. The Morgan fingerprint density at radius 1 is 0.976 bits per heavy atom. The minimum Gasteiger partial charge on any atom is -0.508 e. The summed E-state index contributed by atoms with van der Waals surface area (Å²) in [6.07, 6.45) is 1.44. The maximum atomic E-state index is 13.7. The third kappa shape index (κ3) is 8.64. The number of aromatic hydroxyl groups is 1. The number of carbonyl (C=O) groups excluding carboxylic acids is 4. The second-order valence-electron chi connectivity index (χ2n) is 9.76. The molecule has 4 rings (SSSR count). The molecule has 218 valence electrons. The van der Waals surface area contributed by atoms with Crippen LogP contribution in [0.3, 0.4) is 0 Å². The van der Waals surface area contributed by atoms with Crippen LogP contribution in [0.25, 0.3) is 0 Å². The SMILES string of the molecule is CCOC(=O)CN(CCc1ccc(O)cc1)C(=O)CC1C(=O)N(CCc2cccs2)CC(=O)N1CCc1cccs1. The van der Waals surface area contributed by atoms with Gasteiger partial charge in [-0.25, -0.2) is 0 Å². The number of esters is 1.